The summed E-state index contributed by atoms with van der Waals surface area (Å²) in [6.07, 6.45) is 19.4. The first-order valence-electron chi connectivity index (χ1n) is 8.56. The molecule has 2 heteroatoms. The van der Waals surface area contributed by atoms with Gasteiger partial charge in [0.2, 0.25) is 0 Å². The SMILES string of the molecule is C#C.CN/C(C#N)=C(\C)c1cc(C)cc(/C=C/C2CCCCC2)c1. The van der Waals surface area contributed by atoms with E-state index >= 15 is 0 Å². The lowest BCUT2D eigenvalue weighted by molar-refractivity contribution is 0.420. The second-order valence-corrected chi connectivity index (χ2v) is 6.25. The van der Waals surface area contributed by atoms with Crippen molar-refractivity contribution in [1.29, 1.82) is 5.26 Å². The minimum absolute atomic E-state index is 0.632. The predicted octanol–water partition coefficient (Wildman–Crippen LogP) is 5.31. The lowest BCUT2D eigenvalue weighted by Crippen LogP contribution is -2.06. The molecule has 1 saturated carbocycles. The Morgan fingerprint density at radius 3 is 2.46 bits per heavy atom. The quantitative estimate of drug-likeness (QED) is 0.602. The third-order valence-corrected chi connectivity index (χ3v) is 4.48. The van der Waals surface area contributed by atoms with Crippen LogP contribution in [-0.2, 0) is 0 Å². The maximum absolute atomic E-state index is 9.19. The molecule has 0 saturated heterocycles. The Morgan fingerprint density at radius 2 is 1.88 bits per heavy atom. The largest absolute Gasteiger partial charge is 0.379 e. The van der Waals surface area contributed by atoms with Gasteiger partial charge in [-0.15, -0.1) is 12.8 Å². The summed E-state index contributed by atoms with van der Waals surface area (Å²) in [7, 11) is 1.79. The molecule has 1 aliphatic carbocycles. The summed E-state index contributed by atoms with van der Waals surface area (Å²) in [4.78, 5) is 0. The highest BCUT2D eigenvalue weighted by Gasteiger charge is 2.10. The molecule has 1 aliphatic rings. The fourth-order valence-corrected chi connectivity index (χ4v) is 3.17. The fourth-order valence-electron chi connectivity index (χ4n) is 3.17. The molecule has 1 aromatic rings. The molecule has 0 aliphatic heterocycles. The maximum atomic E-state index is 9.19. The lowest BCUT2D eigenvalue weighted by Gasteiger charge is -2.17. The van der Waals surface area contributed by atoms with E-state index < -0.39 is 0 Å². The van der Waals surface area contributed by atoms with E-state index in [-0.39, 0.29) is 0 Å². The van der Waals surface area contributed by atoms with Gasteiger partial charge in [-0.25, -0.2) is 0 Å². The zero-order valence-corrected chi connectivity index (χ0v) is 15.1. The van der Waals surface area contributed by atoms with Crippen LogP contribution in [0, 0.1) is 37.0 Å². The summed E-state index contributed by atoms with van der Waals surface area (Å²) >= 11 is 0. The van der Waals surface area contributed by atoms with Crippen molar-refractivity contribution in [3.05, 3.63) is 46.7 Å². The van der Waals surface area contributed by atoms with E-state index in [0.29, 0.717) is 5.70 Å². The average Bonchev–Trinajstić information content (AvgIpc) is 2.63. The van der Waals surface area contributed by atoms with Crippen LogP contribution in [-0.4, -0.2) is 7.05 Å². The topological polar surface area (TPSA) is 35.8 Å². The van der Waals surface area contributed by atoms with Crippen molar-refractivity contribution in [2.24, 2.45) is 5.92 Å². The number of benzene rings is 1. The molecule has 0 heterocycles. The Hall–Kier alpha value is -2.45. The monoisotopic (exact) mass is 320 g/mol. The van der Waals surface area contributed by atoms with Crippen LogP contribution in [0.3, 0.4) is 0 Å². The fraction of sp³-hybridized carbons (Fsp3) is 0.409. The van der Waals surface area contributed by atoms with Crippen LogP contribution in [0.25, 0.3) is 11.6 Å². The molecule has 24 heavy (non-hydrogen) atoms. The van der Waals surface area contributed by atoms with Gasteiger partial charge < -0.3 is 5.32 Å². The normalized spacial score (nSPS) is 15.8. The highest BCUT2D eigenvalue weighted by Crippen LogP contribution is 2.26. The summed E-state index contributed by atoms with van der Waals surface area (Å²) in [5.74, 6) is 0.737. The van der Waals surface area contributed by atoms with Crippen LogP contribution < -0.4 is 5.32 Å². The molecule has 0 spiro atoms. The van der Waals surface area contributed by atoms with Crippen LogP contribution >= 0.6 is 0 Å². The van der Waals surface area contributed by atoms with Gasteiger partial charge in [0.15, 0.2) is 0 Å². The van der Waals surface area contributed by atoms with Crippen molar-refractivity contribution < 1.29 is 0 Å². The van der Waals surface area contributed by atoms with Crippen molar-refractivity contribution >= 4 is 11.6 Å². The molecule has 0 amide bonds. The second-order valence-electron chi connectivity index (χ2n) is 6.25. The number of nitrogens with zero attached hydrogens (tertiary/aromatic N) is 1. The van der Waals surface area contributed by atoms with E-state index in [0.717, 1.165) is 17.1 Å². The van der Waals surface area contributed by atoms with Crippen molar-refractivity contribution in [2.75, 3.05) is 7.05 Å². The van der Waals surface area contributed by atoms with E-state index in [1.807, 2.05) is 6.92 Å². The smallest absolute Gasteiger partial charge is 0.117 e. The average molecular weight is 320 g/mol. The molecule has 0 atom stereocenters. The number of hydrogen-bond donors (Lipinski definition) is 1. The highest BCUT2D eigenvalue weighted by atomic mass is 14.8. The molecule has 2 nitrogen and oxygen atoms in total. The van der Waals surface area contributed by atoms with E-state index in [4.69, 9.17) is 0 Å². The van der Waals surface area contributed by atoms with Gasteiger partial charge in [-0.2, -0.15) is 5.26 Å². The lowest BCUT2D eigenvalue weighted by atomic mass is 9.88. The Morgan fingerprint density at radius 1 is 1.21 bits per heavy atom. The standard InChI is InChI=1S/C20H26N2.C2H2/c1-15-11-18(10-9-17-7-5-4-6-8-17)13-19(12-15)16(2)20(14-21)22-3;1-2/h9-13,17,22H,4-8H2,1-3H3;1-2H/b10-9+,20-16+;. The Balaban J connectivity index is 0.00000139. The number of hydrogen-bond acceptors (Lipinski definition) is 2. The maximum Gasteiger partial charge on any atom is 0.117 e. The first kappa shape index (κ1) is 19.6. The van der Waals surface area contributed by atoms with Crippen LogP contribution in [0.2, 0.25) is 0 Å². The zero-order valence-electron chi connectivity index (χ0n) is 15.1. The first-order chi connectivity index (χ1) is 11.6. The van der Waals surface area contributed by atoms with Crippen LogP contribution in [0.1, 0.15) is 55.7 Å². The molecular weight excluding hydrogens is 292 g/mol. The van der Waals surface area contributed by atoms with Crippen LogP contribution in [0.4, 0.5) is 0 Å². The Labute approximate surface area is 147 Å². The Kier molecular flexibility index (Phi) is 8.45. The van der Waals surface area contributed by atoms with E-state index in [1.54, 1.807) is 7.05 Å². The second kappa shape index (κ2) is 10.3. The van der Waals surface area contributed by atoms with Gasteiger partial charge in [-0.3, -0.25) is 0 Å². The summed E-state index contributed by atoms with van der Waals surface area (Å²) in [5.41, 5.74) is 5.21. The van der Waals surface area contributed by atoms with Gasteiger partial charge >= 0.3 is 0 Å². The third kappa shape index (κ3) is 5.64. The number of allylic oxidation sites excluding steroid dienone is 3. The van der Waals surface area contributed by atoms with E-state index in [1.165, 1.54) is 43.2 Å². The summed E-state index contributed by atoms with van der Waals surface area (Å²) < 4.78 is 0. The van der Waals surface area contributed by atoms with Gasteiger partial charge in [0.05, 0.1) is 0 Å². The molecule has 126 valence electrons. The summed E-state index contributed by atoms with van der Waals surface area (Å²) in [6.45, 7) is 4.11. The number of terminal acetylenes is 1. The van der Waals surface area contributed by atoms with E-state index in [2.05, 4.69) is 61.5 Å². The predicted molar refractivity (Wildman–Crippen MR) is 104 cm³/mol. The number of nitrogens with one attached hydrogen (secondary N) is 1. The van der Waals surface area contributed by atoms with Crippen LogP contribution in [0.15, 0.2) is 30.0 Å². The number of rotatable bonds is 4. The molecule has 0 unspecified atom stereocenters. The van der Waals surface area contributed by atoms with Gasteiger partial charge in [0.25, 0.3) is 0 Å². The molecule has 1 aromatic carbocycles. The third-order valence-electron chi connectivity index (χ3n) is 4.48. The summed E-state index contributed by atoms with van der Waals surface area (Å²) in [6, 6.07) is 8.75. The molecule has 0 bridgehead atoms. The minimum atomic E-state index is 0.632. The van der Waals surface area contributed by atoms with Gasteiger partial charge in [0, 0.05) is 7.05 Å². The Bertz CT molecular complexity index is 650. The number of aryl methyl sites for hydroxylation is 1. The zero-order chi connectivity index (χ0) is 17.9. The van der Waals surface area contributed by atoms with Crippen molar-refractivity contribution in [1.82, 2.24) is 5.32 Å². The van der Waals surface area contributed by atoms with Gasteiger partial charge in [0.1, 0.15) is 11.8 Å². The number of nitriles is 1. The minimum Gasteiger partial charge on any atom is -0.379 e. The first-order valence-corrected chi connectivity index (χ1v) is 8.56. The van der Waals surface area contributed by atoms with Gasteiger partial charge in [-0.05, 0) is 60.9 Å². The molecule has 2 rings (SSSR count). The summed E-state index contributed by atoms with van der Waals surface area (Å²) in [5, 5.41) is 12.2. The molecule has 0 aromatic heterocycles. The molecule has 0 radical (unpaired) electrons. The molecular formula is C22H28N2. The highest BCUT2D eigenvalue weighted by molar-refractivity contribution is 5.72. The van der Waals surface area contributed by atoms with E-state index in [9.17, 15) is 5.26 Å². The van der Waals surface area contributed by atoms with Crippen molar-refractivity contribution in [3.63, 3.8) is 0 Å². The molecule has 1 N–H and O–H groups in total. The van der Waals surface area contributed by atoms with Crippen molar-refractivity contribution in [3.8, 4) is 18.9 Å². The molecule has 1 fully saturated rings. The van der Waals surface area contributed by atoms with Gasteiger partial charge in [-0.1, -0.05) is 43.5 Å². The van der Waals surface area contributed by atoms with Crippen LogP contribution in [0.5, 0.6) is 0 Å². The van der Waals surface area contributed by atoms with Crippen molar-refractivity contribution in [2.45, 2.75) is 46.0 Å².